The average Bonchev–Trinajstić information content (AvgIpc) is 3.16. The quantitative estimate of drug-likeness (QED) is 0.0679. The minimum absolute atomic E-state index is 0.466. The second kappa shape index (κ2) is 18.7. The van der Waals surface area contributed by atoms with Gasteiger partial charge < -0.3 is 13.3 Å². The summed E-state index contributed by atoms with van der Waals surface area (Å²) in [6, 6.07) is -1.26. The second-order valence-corrected chi connectivity index (χ2v) is 20.0. The van der Waals surface area contributed by atoms with Crippen LogP contribution in [0.3, 0.4) is 0 Å². The van der Waals surface area contributed by atoms with Gasteiger partial charge in [0.1, 0.15) is 0 Å². The van der Waals surface area contributed by atoms with Crippen molar-refractivity contribution < 1.29 is 179 Å². The van der Waals surface area contributed by atoms with Crippen LogP contribution in [0, 0.1) is 0 Å². The number of nitrogens with zero attached hydrogens (tertiary/aromatic N) is 1. The van der Waals surface area contributed by atoms with Gasteiger partial charge in [-0.15, -0.1) is 0 Å². The molecule has 46 heteroatoms. The molecule has 0 bridgehead atoms. The summed E-state index contributed by atoms with van der Waals surface area (Å²) in [6.07, 6.45) is -18.1. The first kappa shape index (κ1) is 67.5. The van der Waals surface area contributed by atoms with E-state index in [1.165, 1.54) is 0 Å². The van der Waals surface area contributed by atoms with Crippen LogP contribution in [-0.4, -0.2) is 165 Å². The van der Waals surface area contributed by atoms with Crippen LogP contribution in [0.4, 0.5) is 149 Å². The first-order valence-corrected chi connectivity index (χ1v) is 20.9. The monoisotopic (exact) mass is 1190 g/mol. The highest BCUT2D eigenvalue weighted by molar-refractivity contribution is 7.90. The molecule has 0 unspecified atom stereocenters. The highest BCUT2D eigenvalue weighted by atomic mass is 32.2. The first-order valence-electron chi connectivity index (χ1n) is 16.1. The zero-order chi connectivity index (χ0) is 57.4. The summed E-state index contributed by atoms with van der Waals surface area (Å²) >= 11 is 0. The Hall–Kier alpha value is -2.46. The third-order valence-corrected chi connectivity index (χ3v) is 15.2. The van der Waals surface area contributed by atoms with E-state index in [0.29, 0.717) is 21.3 Å². The molecular formula is C24H20F34N2O7S2Si. The van der Waals surface area contributed by atoms with Crippen molar-refractivity contribution in [3.63, 3.8) is 0 Å². The Balaban J connectivity index is 7.69. The molecular weight excluding hydrogens is 1170 g/mol. The van der Waals surface area contributed by atoms with E-state index in [-0.39, 0.29) is 0 Å². The van der Waals surface area contributed by atoms with E-state index in [4.69, 9.17) is 0 Å². The van der Waals surface area contributed by atoms with Gasteiger partial charge in [-0.05, 0) is 6.42 Å². The standard InChI is InChI=1S/C24H20F34N2O7S2Si/c1-65-70(66-2,67-3)8-4-6-60(69(63,64)24(57,58)20(47,48)16(39,40)12(31,32)10(27,28)14(35,36)18(43,44)22(52,53)54)7-5-59-68(61,62)23(55,56)19(45,46)15(37,38)11(29,30)9(25,26)13(33,34)17(41,42)21(49,50)51/h59H,4-8H2,1-3H3. The third-order valence-electron chi connectivity index (χ3n) is 8.86. The Morgan fingerprint density at radius 2 is 0.614 bits per heavy atom. The van der Waals surface area contributed by atoms with Crippen molar-refractivity contribution in [1.82, 2.24) is 9.03 Å². The Kier molecular flexibility index (Phi) is 18.1. The van der Waals surface area contributed by atoms with E-state index in [0.717, 1.165) is 0 Å². The number of sulfonamides is 2. The molecule has 0 aromatic rings. The van der Waals surface area contributed by atoms with Crippen LogP contribution >= 0.6 is 0 Å². The molecule has 0 saturated heterocycles. The van der Waals surface area contributed by atoms with Gasteiger partial charge in [-0.2, -0.15) is 154 Å². The smallest absolute Gasteiger partial charge is 0.377 e. The van der Waals surface area contributed by atoms with Crippen molar-refractivity contribution >= 4 is 28.9 Å². The van der Waals surface area contributed by atoms with Crippen molar-refractivity contribution in [2.75, 3.05) is 41.0 Å². The third kappa shape index (κ3) is 9.39. The number of halogens is 34. The number of rotatable bonds is 26. The maximum absolute atomic E-state index is 15.0. The van der Waals surface area contributed by atoms with Crippen molar-refractivity contribution in [2.45, 2.75) is 106 Å². The Morgan fingerprint density at radius 3 is 0.871 bits per heavy atom. The van der Waals surface area contributed by atoms with E-state index in [1.54, 1.807) is 0 Å². The molecule has 70 heavy (non-hydrogen) atoms. The van der Waals surface area contributed by atoms with Gasteiger partial charge in [0.05, 0.1) is 0 Å². The van der Waals surface area contributed by atoms with Gasteiger partial charge in [-0.3, -0.25) is 0 Å². The van der Waals surface area contributed by atoms with Crippen LogP contribution in [-0.2, 0) is 33.3 Å². The van der Waals surface area contributed by atoms with E-state index in [1.807, 2.05) is 0 Å². The molecule has 0 aliphatic heterocycles. The normalized spacial score (nSPS) is 16.7. The molecule has 0 saturated carbocycles. The molecule has 1 N–H and O–H groups in total. The summed E-state index contributed by atoms with van der Waals surface area (Å²) in [6.45, 7) is -8.74. The van der Waals surface area contributed by atoms with Crippen molar-refractivity contribution in [1.29, 1.82) is 0 Å². The number of hydrogen-bond acceptors (Lipinski definition) is 7. The topological polar surface area (TPSA) is 111 Å². The summed E-state index contributed by atoms with van der Waals surface area (Å²) in [4.78, 5) is 0. The van der Waals surface area contributed by atoms with Crippen LogP contribution in [0.5, 0.6) is 0 Å². The summed E-state index contributed by atoms with van der Waals surface area (Å²) in [5.74, 6) is -110. The van der Waals surface area contributed by atoms with Gasteiger partial charge in [0.25, 0.3) is 20.0 Å². The zero-order valence-electron chi connectivity index (χ0n) is 32.5. The Bertz CT molecular complexity index is 2050. The maximum atomic E-state index is 15.0. The minimum atomic E-state index is -9.48. The molecule has 0 aliphatic rings. The van der Waals surface area contributed by atoms with Gasteiger partial charge in [-0.25, -0.2) is 21.6 Å². The molecule has 0 radical (unpaired) electrons. The second-order valence-electron chi connectivity index (χ2n) is 13.1. The molecule has 0 aromatic carbocycles. The van der Waals surface area contributed by atoms with Gasteiger partial charge in [0.15, 0.2) is 0 Å². The van der Waals surface area contributed by atoms with Crippen LogP contribution in [0.15, 0.2) is 0 Å². The van der Waals surface area contributed by atoms with E-state index in [2.05, 4.69) is 13.3 Å². The molecule has 0 rings (SSSR count). The summed E-state index contributed by atoms with van der Waals surface area (Å²) in [7, 11) is -20.0. The predicted octanol–water partition coefficient (Wildman–Crippen LogP) is 9.74. The lowest BCUT2D eigenvalue weighted by atomic mass is 9.91. The molecule has 422 valence electrons. The maximum Gasteiger partial charge on any atom is 0.500 e. The number of hydrogen-bond donors (Lipinski definition) is 1. The SMILES string of the molecule is CO[Si](CCCN(CCNS(=O)(=O)C(F)(F)C(F)(F)C(F)(F)C(F)(F)C(F)(F)C(F)(F)C(F)(F)C(F)(F)F)S(=O)(=O)C(F)(F)C(F)(F)C(F)(F)C(F)(F)C(F)(F)C(F)(F)C(F)(F)C(F)(F)F)(OC)OC. The predicted molar refractivity (Wildman–Crippen MR) is 155 cm³/mol. The fourth-order valence-corrected chi connectivity index (χ4v) is 8.76. The molecule has 0 amide bonds. The zero-order valence-corrected chi connectivity index (χ0v) is 35.1. The van der Waals surface area contributed by atoms with E-state index < -0.39 is 164 Å². The highest BCUT2D eigenvalue weighted by Crippen LogP contribution is 2.66. The number of nitrogens with one attached hydrogen (secondary N) is 1. The summed E-state index contributed by atoms with van der Waals surface area (Å²) < 4.78 is 527. The molecule has 0 atom stereocenters. The molecule has 9 nitrogen and oxygen atoms in total. The van der Waals surface area contributed by atoms with Crippen LogP contribution in [0.1, 0.15) is 6.42 Å². The fourth-order valence-electron chi connectivity index (χ4n) is 4.57. The van der Waals surface area contributed by atoms with Gasteiger partial charge >= 0.3 is 103 Å². The van der Waals surface area contributed by atoms with E-state index >= 15 is 8.78 Å². The van der Waals surface area contributed by atoms with Crippen LogP contribution in [0.2, 0.25) is 6.04 Å². The van der Waals surface area contributed by atoms with E-state index in [9.17, 15) is 157 Å². The molecule has 0 spiro atoms. The Labute approximate surface area is 365 Å². The molecule has 0 heterocycles. The van der Waals surface area contributed by atoms with Crippen molar-refractivity contribution in [3.8, 4) is 0 Å². The minimum Gasteiger partial charge on any atom is -0.377 e. The van der Waals surface area contributed by atoms with Crippen molar-refractivity contribution in [2.24, 2.45) is 0 Å². The number of alkyl halides is 34. The highest BCUT2D eigenvalue weighted by Gasteiger charge is 2.98. The van der Waals surface area contributed by atoms with Crippen LogP contribution in [0.25, 0.3) is 0 Å². The fraction of sp³-hybridized carbons (Fsp3) is 1.00. The largest absolute Gasteiger partial charge is 0.500 e. The van der Waals surface area contributed by atoms with Crippen LogP contribution < -0.4 is 4.72 Å². The lowest BCUT2D eigenvalue weighted by Crippen LogP contribution is -2.75. The van der Waals surface area contributed by atoms with Gasteiger partial charge in [0, 0.05) is 47.0 Å². The van der Waals surface area contributed by atoms with Gasteiger partial charge in [-0.1, -0.05) is 0 Å². The lowest BCUT2D eigenvalue weighted by molar-refractivity contribution is -0.458. The average molecular weight is 1190 g/mol. The molecule has 0 fully saturated rings. The Morgan fingerprint density at radius 1 is 0.371 bits per heavy atom. The summed E-state index contributed by atoms with van der Waals surface area (Å²) in [5.41, 5.74) is 0. The first-order chi connectivity index (χ1) is 30.0. The molecule has 0 aromatic heterocycles. The van der Waals surface area contributed by atoms with Crippen molar-refractivity contribution in [3.05, 3.63) is 0 Å². The summed E-state index contributed by atoms with van der Waals surface area (Å²) in [5, 5.41) is -17.1. The molecule has 0 aliphatic carbocycles. The lowest BCUT2D eigenvalue weighted by Gasteiger charge is -2.43. The van der Waals surface area contributed by atoms with Gasteiger partial charge in [0.2, 0.25) is 0 Å².